The number of amides is 1. The third kappa shape index (κ3) is 4.03. The fourth-order valence-corrected chi connectivity index (χ4v) is 5.02. The first-order valence-corrected chi connectivity index (χ1v) is 11.8. The Hall–Kier alpha value is -4.13. The number of benzene rings is 1. The number of hydrogen-bond donors (Lipinski definition) is 1. The van der Waals surface area contributed by atoms with Crippen LogP contribution in [0.15, 0.2) is 41.5 Å². The van der Waals surface area contributed by atoms with E-state index >= 15 is 0 Å². The molecule has 1 aliphatic carbocycles. The maximum atomic E-state index is 13.7. The SMILES string of the molecule is COc1ccc(N(C(=O)n2nnn(-c3nccc4sncc34)c2=O)C2CCCCC2)cc1C(=O)O. The highest BCUT2D eigenvalue weighted by atomic mass is 32.1. The molecule has 0 aliphatic heterocycles. The number of aromatic carboxylic acids is 1. The van der Waals surface area contributed by atoms with E-state index in [9.17, 15) is 19.5 Å². The van der Waals surface area contributed by atoms with E-state index in [-0.39, 0.29) is 23.2 Å². The molecule has 4 aromatic rings. The fourth-order valence-electron chi connectivity index (χ4n) is 4.38. The number of carbonyl (C=O) groups excluding carboxylic acids is 1. The van der Waals surface area contributed by atoms with E-state index in [1.54, 1.807) is 18.3 Å². The van der Waals surface area contributed by atoms with Crippen molar-refractivity contribution in [3.63, 3.8) is 0 Å². The van der Waals surface area contributed by atoms with Gasteiger partial charge in [-0.15, -0.1) is 9.36 Å². The van der Waals surface area contributed by atoms with Gasteiger partial charge < -0.3 is 9.84 Å². The number of carboxylic acids is 1. The molecule has 1 amide bonds. The lowest BCUT2D eigenvalue weighted by atomic mass is 9.94. The Labute approximate surface area is 202 Å². The second kappa shape index (κ2) is 9.25. The maximum Gasteiger partial charge on any atom is 0.378 e. The van der Waals surface area contributed by atoms with E-state index in [1.165, 1.54) is 41.9 Å². The van der Waals surface area contributed by atoms with E-state index in [0.29, 0.717) is 28.6 Å². The van der Waals surface area contributed by atoms with E-state index in [1.807, 2.05) is 0 Å². The number of hydrogen-bond acceptors (Lipinski definition) is 9. The third-order valence-electron chi connectivity index (χ3n) is 6.06. The Bertz CT molecular complexity index is 1470. The Morgan fingerprint density at radius 2 is 1.97 bits per heavy atom. The van der Waals surface area contributed by atoms with Crippen LogP contribution in [-0.4, -0.2) is 59.4 Å². The van der Waals surface area contributed by atoms with Crippen molar-refractivity contribution >= 4 is 39.3 Å². The average molecular weight is 496 g/mol. The van der Waals surface area contributed by atoms with Gasteiger partial charge in [0, 0.05) is 17.9 Å². The first kappa shape index (κ1) is 22.7. The lowest BCUT2D eigenvalue weighted by Gasteiger charge is -2.33. The van der Waals surface area contributed by atoms with Crippen molar-refractivity contribution in [3.8, 4) is 11.6 Å². The molecule has 3 heterocycles. The predicted molar refractivity (Wildman–Crippen MR) is 127 cm³/mol. The van der Waals surface area contributed by atoms with E-state index in [0.717, 1.165) is 28.6 Å². The zero-order valence-corrected chi connectivity index (χ0v) is 19.5. The van der Waals surface area contributed by atoms with Crippen molar-refractivity contribution in [2.75, 3.05) is 12.0 Å². The molecule has 3 aromatic heterocycles. The van der Waals surface area contributed by atoms with E-state index in [4.69, 9.17) is 4.74 Å². The van der Waals surface area contributed by atoms with Crippen LogP contribution in [0.2, 0.25) is 0 Å². The molecule has 1 aliphatic rings. The van der Waals surface area contributed by atoms with Crippen LogP contribution in [-0.2, 0) is 0 Å². The largest absolute Gasteiger partial charge is 0.496 e. The summed E-state index contributed by atoms with van der Waals surface area (Å²) in [4.78, 5) is 44.4. The summed E-state index contributed by atoms with van der Waals surface area (Å²) >= 11 is 1.25. The normalized spacial score (nSPS) is 14.2. The van der Waals surface area contributed by atoms with Gasteiger partial charge in [0.15, 0.2) is 5.82 Å². The van der Waals surface area contributed by atoms with Crippen LogP contribution in [0, 0.1) is 0 Å². The zero-order valence-electron chi connectivity index (χ0n) is 18.7. The maximum absolute atomic E-state index is 13.7. The van der Waals surface area contributed by atoms with Gasteiger partial charge in [0.1, 0.15) is 11.3 Å². The minimum Gasteiger partial charge on any atom is -0.496 e. The Kier molecular flexibility index (Phi) is 5.99. The summed E-state index contributed by atoms with van der Waals surface area (Å²) in [6.07, 6.45) is 7.40. The van der Waals surface area contributed by atoms with Gasteiger partial charge >= 0.3 is 17.7 Å². The molecule has 12 nitrogen and oxygen atoms in total. The number of rotatable bonds is 5. The van der Waals surface area contributed by atoms with Crippen LogP contribution in [0.3, 0.4) is 0 Å². The van der Waals surface area contributed by atoms with Crippen molar-refractivity contribution in [1.29, 1.82) is 0 Å². The summed E-state index contributed by atoms with van der Waals surface area (Å²) in [5, 5.41) is 18.0. The number of methoxy groups -OCH3 is 1. The topological polar surface area (TPSA) is 145 Å². The molecule has 0 radical (unpaired) electrons. The summed E-state index contributed by atoms with van der Waals surface area (Å²) in [7, 11) is 1.38. The highest BCUT2D eigenvalue weighted by molar-refractivity contribution is 7.13. The highest BCUT2D eigenvalue weighted by Gasteiger charge is 2.32. The third-order valence-corrected chi connectivity index (χ3v) is 6.83. The molecule has 0 spiro atoms. The molecule has 5 rings (SSSR count). The second-order valence-corrected chi connectivity index (χ2v) is 8.92. The monoisotopic (exact) mass is 495 g/mol. The van der Waals surface area contributed by atoms with Gasteiger partial charge in [-0.3, -0.25) is 4.90 Å². The predicted octanol–water partition coefficient (Wildman–Crippen LogP) is 2.95. The summed E-state index contributed by atoms with van der Waals surface area (Å²) in [6, 6.07) is 5.30. The molecular weight excluding hydrogens is 474 g/mol. The number of carbonyl (C=O) groups is 2. The van der Waals surface area contributed by atoms with Crippen molar-refractivity contribution in [3.05, 3.63) is 52.7 Å². The molecule has 0 saturated heterocycles. The van der Waals surface area contributed by atoms with Crippen LogP contribution in [0.5, 0.6) is 5.75 Å². The number of anilines is 1. The Balaban J connectivity index is 1.59. The molecule has 1 aromatic carbocycles. The number of pyridine rings is 1. The summed E-state index contributed by atoms with van der Waals surface area (Å²) in [5.41, 5.74) is -0.534. The van der Waals surface area contributed by atoms with Gasteiger partial charge in [0.25, 0.3) is 0 Å². The standard InChI is InChI=1S/C22H21N7O5S/c1-34-17-8-7-14(11-15(17)20(30)31)27(13-5-3-2-4-6-13)21(32)29-22(33)28(25-26-29)19-16-12-24-35-18(16)9-10-23-19/h7-13H,2-6H2,1H3,(H,30,31). The van der Waals surface area contributed by atoms with Crippen molar-refractivity contribution < 1.29 is 19.4 Å². The molecule has 35 heavy (non-hydrogen) atoms. The van der Waals surface area contributed by atoms with Crippen LogP contribution >= 0.6 is 11.5 Å². The average Bonchev–Trinajstić information content (AvgIpc) is 3.51. The van der Waals surface area contributed by atoms with Gasteiger partial charge in [-0.1, -0.05) is 19.3 Å². The van der Waals surface area contributed by atoms with Gasteiger partial charge in [0.05, 0.1) is 23.4 Å². The first-order chi connectivity index (χ1) is 17.0. The molecule has 1 fully saturated rings. The molecular formula is C22H21N7O5S. The van der Waals surface area contributed by atoms with Gasteiger partial charge in [-0.2, -0.15) is 4.37 Å². The van der Waals surface area contributed by atoms with Gasteiger partial charge in [-0.25, -0.2) is 19.4 Å². The fraction of sp³-hybridized carbons (Fsp3) is 0.318. The number of ether oxygens (including phenoxy) is 1. The minimum absolute atomic E-state index is 0.0875. The molecule has 1 saturated carbocycles. The molecule has 180 valence electrons. The van der Waals surface area contributed by atoms with E-state index in [2.05, 4.69) is 19.8 Å². The van der Waals surface area contributed by atoms with Crippen LogP contribution in [0.4, 0.5) is 10.5 Å². The first-order valence-electron chi connectivity index (χ1n) is 11.0. The Morgan fingerprint density at radius 1 is 1.17 bits per heavy atom. The van der Waals surface area contributed by atoms with Crippen LogP contribution in [0.25, 0.3) is 15.9 Å². The van der Waals surface area contributed by atoms with Crippen molar-refractivity contribution in [2.24, 2.45) is 0 Å². The smallest absolute Gasteiger partial charge is 0.378 e. The molecule has 0 atom stereocenters. The number of tetrazole rings is 1. The number of fused-ring (bicyclic) bond motifs is 1. The number of carboxylic acid groups (broad SMARTS) is 1. The van der Waals surface area contributed by atoms with Gasteiger partial charge in [-0.05, 0) is 59.1 Å². The zero-order chi connectivity index (χ0) is 24.5. The quantitative estimate of drug-likeness (QED) is 0.413. The molecule has 0 bridgehead atoms. The molecule has 13 heteroatoms. The summed E-state index contributed by atoms with van der Waals surface area (Å²) < 4.78 is 11.7. The number of nitrogens with zero attached hydrogens (tertiary/aromatic N) is 7. The van der Waals surface area contributed by atoms with Crippen molar-refractivity contribution in [1.82, 2.24) is 29.1 Å². The second-order valence-electron chi connectivity index (χ2n) is 8.09. The van der Waals surface area contributed by atoms with Crippen LogP contribution < -0.4 is 15.3 Å². The molecule has 0 unspecified atom stereocenters. The van der Waals surface area contributed by atoms with Gasteiger partial charge in [0.2, 0.25) is 0 Å². The van der Waals surface area contributed by atoms with E-state index < -0.39 is 17.7 Å². The lowest BCUT2D eigenvalue weighted by molar-refractivity contribution is 0.0693. The Morgan fingerprint density at radius 3 is 2.71 bits per heavy atom. The van der Waals surface area contributed by atoms with Crippen LogP contribution in [0.1, 0.15) is 42.5 Å². The number of aromatic nitrogens is 6. The summed E-state index contributed by atoms with van der Waals surface area (Å²) in [5.74, 6) is -0.794. The summed E-state index contributed by atoms with van der Waals surface area (Å²) in [6.45, 7) is 0. The highest BCUT2D eigenvalue weighted by Crippen LogP contribution is 2.31. The lowest BCUT2D eigenvalue weighted by Crippen LogP contribution is -2.47. The molecule has 1 N–H and O–H groups in total. The minimum atomic E-state index is -1.19. The van der Waals surface area contributed by atoms with Crippen molar-refractivity contribution in [2.45, 2.75) is 38.1 Å².